The molecule has 0 aliphatic carbocycles. The first-order valence-corrected chi connectivity index (χ1v) is 11.5. The molecule has 0 saturated carbocycles. The topological polar surface area (TPSA) is 98.7 Å². The number of carbonyl (C=O) groups excluding carboxylic acids is 1. The van der Waals surface area contributed by atoms with Crippen molar-refractivity contribution >= 4 is 22.6 Å². The van der Waals surface area contributed by atoms with Gasteiger partial charge in [0.15, 0.2) is 5.82 Å². The molecule has 0 radical (unpaired) electrons. The Morgan fingerprint density at radius 3 is 2.37 bits per heavy atom. The molecule has 0 fully saturated rings. The Balaban J connectivity index is 1.63. The van der Waals surface area contributed by atoms with Crippen LogP contribution in [0.25, 0.3) is 28.0 Å². The molecular formula is C27H20F4N6O. The molecule has 1 amide bonds. The number of carbonyl (C=O) groups is 1. The van der Waals surface area contributed by atoms with Crippen LogP contribution in [0.2, 0.25) is 0 Å². The van der Waals surface area contributed by atoms with Crippen LogP contribution in [-0.4, -0.2) is 25.7 Å². The van der Waals surface area contributed by atoms with Gasteiger partial charge in [0.1, 0.15) is 11.6 Å². The molecular weight excluding hydrogens is 500 g/mol. The monoisotopic (exact) mass is 520 g/mol. The van der Waals surface area contributed by atoms with Gasteiger partial charge in [-0.1, -0.05) is 24.3 Å². The second-order valence-corrected chi connectivity index (χ2v) is 8.56. The predicted molar refractivity (Wildman–Crippen MR) is 134 cm³/mol. The minimum absolute atomic E-state index is 0.212. The molecule has 2 aromatic heterocycles. The van der Waals surface area contributed by atoms with E-state index in [1.807, 2.05) is 13.0 Å². The Kier molecular flexibility index (Phi) is 6.37. The molecule has 0 saturated heterocycles. The van der Waals surface area contributed by atoms with Gasteiger partial charge in [-0.05, 0) is 55.0 Å². The van der Waals surface area contributed by atoms with E-state index in [-0.39, 0.29) is 23.8 Å². The first-order valence-electron chi connectivity index (χ1n) is 11.5. The van der Waals surface area contributed by atoms with Gasteiger partial charge in [0.2, 0.25) is 0 Å². The van der Waals surface area contributed by atoms with Crippen LogP contribution < -0.4 is 11.1 Å². The number of anilines is 1. The number of aromatic nitrogens is 4. The highest BCUT2D eigenvalue weighted by atomic mass is 19.4. The molecule has 11 heteroatoms. The average molecular weight is 520 g/mol. The number of hydrogen-bond donors (Lipinski definition) is 2. The standard InChI is InChI=1S/C27H20F4N6O/c1-15(32)16-8-9-18-23(12-16)36-37(17-6-3-2-4-7-17)25(18)35-26(38)20-13-19(24-33-10-5-11-34-24)21(14-22(20)28)27(29,30)31/h2-15H,32H2,1H3,(H,35,38)/t15-/m1/s1. The van der Waals surface area contributed by atoms with Crippen LogP contribution in [0.1, 0.15) is 34.5 Å². The highest BCUT2D eigenvalue weighted by Crippen LogP contribution is 2.38. The Hall–Kier alpha value is -4.64. The lowest BCUT2D eigenvalue weighted by molar-refractivity contribution is -0.137. The molecule has 2 heterocycles. The van der Waals surface area contributed by atoms with Gasteiger partial charge in [0, 0.05) is 29.4 Å². The van der Waals surface area contributed by atoms with E-state index in [4.69, 9.17) is 5.73 Å². The minimum Gasteiger partial charge on any atom is -0.324 e. The van der Waals surface area contributed by atoms with Crippen LogP contribution in [0.15, 0.2) is 79.1 Å². The summed E-state index contributed by atoms with van der Waals surface area (Å²) in [7, 11) is 0. The number of fused-ring (bicyclic) bond motifs is 1. The molecule has 3 aromatic carbocycles. The fraction of sp³-hybridized carbons (Fsp3) is 0.111. The van der Waals surface area contributed by atoms with Gasteiger partial charge in [-0.3, -0.25) is 4.79 Å². The molecule has 38 heavy (non-hydrogen) atoms. The second kappa shape index (κ2) is 9.67. The Morgan fingerprint density at radius 1 is 1.00 bits per heavy atom. The van der Waals surface area contributed by atoms with Crippen molar-refractivity contribution in [2.75, 3.05) is 5.32 Å². The number of hydrogen-bond acceptors (Lipinski definition) is 5. The summed E-state index contributed by atoms with van der Waals surface area (Å²) >= 11 is 0. The van der Waals surface area contributed by atoms with Crippen LogP contribution in [0.3, 0.4) is 0 Å². The zero-order valence-corrected chi connectivity index (χ0v) is 19.9. The molecule has 5 rings (SSSR count). The summed E-state index contributed by atoms with van der Waals surface area (Å²) in [5.41, 5.74) is 5.52. The number of amides is 1. The summed E-state index contributed by atoms with van der Waals surface area (Å²) in [5, 5.41) is 7.77. The summed E-state index contributed by atoms with van der Waals surface area (Å²) in [4.78, 5) is 21.1. The molecule has 0 unspecified atom stereocenters. The van der Waals surface area contributed by atoms with Crippen LogP contribution in [0, 0.1) is 5.82 Å². The Morgan fingerprint density at radius 2 is 1.71 bits per heavy atom. The van der Waals surface area contributed by atoms with E-state index >= 15 is 0 Å². The smallest absolute Gasteiger partial charge is 0.324 e. The lowest BCUT2D eigenvalue weighted by atomic mass is 10.0. The summed E-state index contributed by atoms with van der Waals surface area (Å²) in [5.74, 6) is -2.39. The van der Waals surface area contributed by atoms with Crippen LogP contribution in [0.4, 0.5) is 23.4 Å². The zero-order chi connectivity index (χ0) is 27.0. The van der Waals surface area contributed by atoms with Crippen molar-refractivity contribution in [2.24, 2.45) is 5.73 Å². The van der Waals surface area contributed by atoms with Crippen molar-refractivity contribution in [3.05, 3.63) is 102 Å². The van der Waals surface area contributed by atoms with Gasteiger partial charge in [0.25, 0.3) is 5.91 Å². The van der Waals surface area contributed by atoms with Gasteiger partial charge in [-0.25, -0.2) is 19.0 Å². The van der Waals surface area contributed by atoms with Crippen molar-refractivity contribution in [1.29, 1.82) is 0 Å². The first kappa shape index (κ1) is 25.0. The SMILES string of the molecule is C[C@@H](N)c1ccc2c(NC(=O)c3cc(-c4ncccn4)c(C(F)(F)F)cc3F)n(-c3ccccc3)nc2c1. The number of benzene rings is 3. The van der Waals surface area contributed by atoms with E-state index in [0.29, 0.717) is 16.6 Å². The maximum atomic E-state index is 15.0. The van der Waals surface area contributed by atoms with Crippen molar-refractivity contribution in [2.45, 2.75) is 19.1 Å². The highest BCUT2D eigenvalue weighted by molar-refractivity contribution is 6.09. The van der Waals surface area contributed by atoms with Crippen LogP contribution >= 0.6 is 0 Å². The normalized spacial score (nSPS) is 12.5. The first-order chi connectivity index (χ1) is 18.1. The van der Waals surface area contributed by atoms with Crippen LogP contribution in [-0.2, 0) is 6.18 Å². The lowest BCUT2D eigenvalue weighted by Gasteiger charge is -2.15. The van der Waals surface area contributed by atoms with E-state index in [1.165, 1.54) is 23.1 Å². The van der Waals surface area contributed by atoms with Gasteiger partial charge < -0.3 is 11.1 Å². The molecule has 5 aromatic rings. The second-order valence-electron chi connectivity index (χ2n) is 8.56. The molecule has 7 nitrogen and oxygen atoms in total. The van der Waals surface area contributed by atoms with Gasteiger partial charge in [0.05, 0.1) is 22.3 Å². The number of rotatable bonds is 5. The van der Waals surface area contributed by atoms with Crippen molar-refractivity contribution in [1.82, 2.24) is 19.7 Å². The molecule has 1 atom stereocenters. The van der Waals surface area contributed by atoms with Crippen LogP contribution in [0.5, 0.6) is 0 Å². The largest absolute Gasteiger partial charge is 0.417 e. The molecule has 0 aliphatic heterocycles. The molecule has 0 aliphatic rings. The molecule has 0 bridgehead atoms. The Labute approximate surface area is 214 Å². The van der Waals surface area contributed by atoms with E-state index < -0.39 is 34.6 Å². The fourth-order valence-electron chi connectivity index (χ4n) is 4.04. The third-order valence-corrected chi connectivity index (χ3v) is 5.92. The van der Waals surface area contributed by atoms with Gasteiger partial charge >= 0.3 is 6.18 Å². The lowest BCUT2D eigenvalue weighted by Crippen LogP contribution is -2.18. The predicted octanol–water partition coefficient (Wildman–Crippen LogP) is 5.91. The summed E-state index contributed by atoms with van der Waals surface area (Å²) in [6.45, 7) is 1.82. The number of nitrogens with two attached hydrogens (primary N) is 1. The molecule has 0 spiro atoms. The highest BCUT2D eigenvalue weighted by Gasteiger charge is 2.36. The number of alkyl halides is 3. The number of nitrogens with one attached hydrogen (secondary N) is 1. The number of halogens is 4. The van der Waals surface area contributed by atoms with Gasteiger partial charge in [-0.15, -0.1) is 0 Å². The maximum Gasteiger partial charge on any atom is 0.417 e. The maximum absolute atomic E-state index is 15.0. The van der Waals surface area contributed by atoms with Crippen molar-refractivity contribution < 1.29 is 22.4 Å². The number of para-hydroxylation sites is 1. The molecule has 3 N–H and O–H groups in total. The molecule has 192 valence electrons. The van der Waals surface area contributed by atoms with Gasteiger partial charge in [-0.2, -0.15) is 18.3 Å². The third kappa shape index (κ3) is 4.71. The summed E-state index contributed by atoms with van der Waals surface area (Å²) < 4.78 is 57.6. The summed E-state index contributed by atoms with van der Waals surface area (Å²) in [6, 6.07) is 16.4. The van der Waals surface area contributed by atoms with Crippen molar-refractivity contribution in [3.63, 3.8) is 0 Å². The van der Waals surface area contributed by atoms with Crippen molar-refractivity contribution in [3.8, 4) is 17.1 Å². The fourth-order valence-corrected chi connectivity index (χ4v) is 4.04. The third-order valence-electron chi connectivity index (χ3n) is 5.92. The van der Waals surface area contributed by atoms with E-state index in [9.17, 15) is 22.4 Å². The number of nitrogens with zero attached hydrogens (tertiary/aromatic N) is 4. The zero-order valence-electron chi connectivity index (χ0n) is 19.9. The quantitative estimate of drug-likeness (QED) is 0.281. The average Bonchev–Trinajstić information content (AvgIpc) is 3.26. The minimum atomic E-state index is -4.90. The van der Waals surface area contributed by atoms with E-state index in [1.54, 1.807) is 42.5 Å². The van der Waals surface area contributed by atoms with E-state index in [0.717, 1.165) is 11.6 Å². The summed E-state index contributed by atoms with van der Waals surface area (Å²) in [6.07, 6.45) is -2.39. The van der Waals surface area contributed by atoms with E-state index in [2.05, 4.69) is 20.4 Å². The Bertz CT molecular complexity index is 1630.